The molecule has 0 spiro atoms. The molecular weight excluding hydrogens is 316 g/mol. The average Bonchev–Trinajstić information content (AvgIpc) is 2.97. The predicted octanol–water partition coefficient (Wildman–Crippen LogP) is 4.94. The first kappa shape index (κ1) is 15.4. The van der Waals surface area contributed by atoms with Gasteiger partial charge in [-0.15, -0.1) is 11.3 Å². The number of nitrogens with zero attached hydrogens (tertiary/aromatic N) is 2. The highest BCUT2D eigenvalue weighted by atomic mass is 35.5. The van der Waals surface area contributed by atoms with Crippen molar-refractivity contribution in [1.29, 1.82) is 0 Å². The highest BCUT2D eigenvalue weighted by molar-refractivity contribution is 7.13. The number of aliphatic hydroxyl groups is 1. The molecule has 0 saturated carbocycles. The van der Waals surface area contributed by atoms with Gasteiger partial charge in [0.15, 0.2) is 0 Å². The molecule has 3 rings (SSSR count). The van der Waals surface area contributed by atoms with Gasteiger partial charge in [0.25, 0.3) is 0 Å². The Kier molecular flexibility index (Phi) is 4.17. The smallest absolute Gasteiger partial charge is 0.142 e. The summed E-state index contributed by atoms with van der Waals surface area (Å²) >= 11 is 7.94. The highest BCUT2D eigenvalue weighted by Crippen LogP contribution is 2.32. The van der Waals surface area contributed by atoms with Gasteiger partial charge < -0.3 is 5.11 Å². The molecule has 0 fully saturated rings. The first-order valence-electron chi connectivity index (χ1n) is 7.16. The van der Waals surface area contributed by atoms with E-state index >= 15 is 0 Å². The van der Waals surface area contributed by atoms with E-state index in [1.807, 2.05) is 19.1 Å². The third-order valence-corrected chi connectivity index (χ3v) is 4.82. The molecule has 0 amide bonds. The number of benzene rings is 1. The number of aryl methyl sites for hydroxylation is 1. The van der Waals surface area contributed by atoms with Crippen molar-refractivity contribution >= 4 is 33.8 Å². The summed E-state index contributed by atoms with van der Waals surface area (Å²) in [5, 5.41) is 13.8. The van der Waals surface area contributed by atoms with Crippen LogP contribution < -0.4 is 0 Å². The maximum Gasteiger partial charge on any atom is 0.142 e. The first-order chi connectivity index (χ1) is 10.5. The van der Waals surface area contributed by atoms with Crippen LogP contribution >= 0.6 is 22.9 Å². The van der Waals surface area contributed by atoms with Gasteiger partial charge in [0.2, 0.25) is 0 Å². The predicted molar refractivity (Wildman–Crippen MR) is 92.6 cm³/mol. The fourth-order valence-electron chi connectivity index (χ4n) is 2.37. The molecule has 0 atom stereocenters. The van der Waals surface area contributed by atoms with Crippen molar-refractivity contribution in [3.63, 3.8) is 0 Å². The van der Waals surface area contributed by atoms with E-state index in [0.717, 1.165) is 38.4 Å². The Morgan fingerprint density at radius 2 is 2.00 bits per heavy atom. The van der Waals surface area contributed by atoms with Crippen LogP contribution in [0, 0.1) is 6.92 Å². The van der Waals surface area contributed by atoms with E-state index < -0.39 is 0 Å². The van der Waals surface area contributed by atoms with Crippen molar-refractivity contribution in [2.75, 3.05) is 0 Å². The van der Waals surface area contributed by atoms with Gasteiger partial charge >= 0.3 is 0 Å². The van der Waals surface area contributed by atoms with Gasteiger partial charge in [0.1, 0.15) is 5.01 Å². The van der Waals surface area contributed by atoms with Crippen molar-refractivity contribution in [3.05, 3.63) is 45.4 Å². The lowest BCUT2D eigenvalue weighted by molar-refractivity contribution is 0.282. The van der Waals surface area contributed by atoms with E-state index in [2.05, 4.69) is 29.2 Å². The number of halogens is 1. The minimum absolute atomic E-state index is 0.0267. The summed E-state index contributed by atoms with van der Waals surface area (Å²) in [7, 11) is 0. The topological polar surface area (TPSA) is 46.0 Å². The van der Waals surface area contributed by atoms with Gasteiger partial charge in [0, 0.05) is 10.8 Å². The van der Waals surface area contributed by atoms with Gasteiger partial charge in [-0.25, -0.2) is 9.97 Å². The lowest BCUT2D eigenvalue weighted by Gasteiger charge is -2.08. The van der Waals surface area contributed by atoms with Crippen molar-refractivity contribution in [3.8, 4) is 10.7 Å². The van der Waals surface area contributed by atoms with Crippen LogP contribution in [0.3, 0.4) is 0 Å². The molecule has 0 aliphatic carbocycles. The second-order valence-electron chi connectivity index (χ2n) is 5.69. The summed E-state index contributed by atoms with van der Waals surface area (Å²) in [6.45, 7) is 6.26. The van der Waals surface area contributed by atoms with E-state index in [1.165, 1.54) is 0 Å². The molecule has 3 aromatic rings. The Morgan fingerprint density at radius 1 is 1.23 bits per heavy atom. The largest absolute Gasteiger partial charge is 0.392 e. The highest BCUT2D eigenvalue weighted by Gasteiger charge is 2.13. The summed E-state index contributed by atoms with van der Waals surface area (Å²) in [6, 6.07) is 5.74. The second kappa shape index (κ2) is 5.95. The molecule has 0 bridgehead atoms. The monoisotopic (exact) mass is 332 g/mol. The van der Waals surface area contributed by atoms with E-state index in [4.69, 9.17) is 11.6 Å². The third-order valence-electron chi connectivity index (χ3n) is 3.65. The van der Waals surface area contributed by atoms with Crippen molar-refractivity contribution in [1.82, 2.24) is 9.97 Å². The van der Waals surface area contributed by atoms with E-state index in [0.29, 0.717) is 10.9 Å². The fourth-order valence-corrected chi connectivity index (χ4v) is 3.60. The molecular formula is C17H17ClN2OS. The molecule has 1 N–H and O–H groups in total. The number of hydrogen-bond donors (Lipinski definition) is 1. The van der Waals surface area contributed by atoms with Gasteiger partial charge in [-0.05, 0) is 42.2 Å². The maximum atomic E-state index is 9.31. The second-order valence-corrected chi connectivity index (χ2v) is 6.95. The number of hydrogen-bond acceptors (Lipinski definition) is 4. The van der Waals surface area contributed by atoms with Crippen LogP contribution in [0.15, 0.2) is 23.6 Å². The Morgan fingerprint density at radius 3 is 2.64 bits per heavy atom. The minimum Gasteiger partial charge on any atom is -0.392 e. The third kappa shape index (κ3) is 2.74. The number of rotatable bonds is 3. The van der Waals surface area contributed by atoms with Crippen LogP contribution in [0.5, 0.6) is 0 Å². The number of aromatic nitrogens is 2. The molecule has 22 heavy (non-hydrogen) atoms. The van der Waals surface area contributed by atoms with Crippen LogP contribution in [-0.2, 0) is 6.61 Å². The van der Waals surface area contributed by atoms with Gasteiger partial charge in [-0.3, -0.25) is 0 Å². The van der Waals surface area contributed by atoms with E-state index in [9.17, 15) is 5.11 Å². The Labute approximate surface area is 138 Å². The molecule has 0 aliphatic heterocycles. The molecule has 0 radical (unpaired) electrons. The number of pyridine rings is 1. The zero-order valence-corrected chi connectivity index (χ0v) is 14.3. The van der Waals surface area contributed by atoms with Gasteiger partial charge in [-0.1, -0.05) is 25.4 Å². The molecule has 3 nitrogen and oxygen atoms in total. The molecule has 0 aliphatic rings. The quantitative estimate of drug-likeness (QED) is 0.739. The fraction of sp³-hybridized carbons (Fsp3) is 0.294. The summed E-state index contributed by atoms with van der Waals surface area (Å²) in [4.78, 5) is 9.35. The summed E-state index contributed by atoms with van der Waals surface area (Å²) in [6.07, 6.45) is 0. The van der Waals surface area contributed by atoms with Crippen LogP contribution in [0.4, 0.5) is 0 Å². The lowest BCUT2D eigenvalue weighted by Crippen LogP contribution is -1.93. The van der Waals surface area contributed by atoms with Crippen LogP contribution in [0.2, 0.25) is 5.02 Å². The van der Waals surface area contributed by atoms with Crippen LogP contribution in [0.25, 0.3) is 21.6 Å². The minimum atomic E-state index is -0.0267. The normalized spacial score (nSPS) is 11.5. The molecule has 5 heteroatoms. The standard InChI is InChI=1S/C17H17ClN2OS/c1-9(2)15-8-22-17(20-15)14-4-10(3)12-5-11(7-21)6-13(18)16(12)19-14/h4-6,8-9,21H,7H2,1-3H3. The Balaban J connectivity index is 2.17. The van der Waals surface area contributed by atoms with Crippen LogP contribution in [-0.4, -0.2) is 15.1 Å². The SMILES string of the molecule is Cc1cc(-c2nc(C(C)C)cs2)nc2c(Cl)cc(CO)cc12. The first-order valence-corrected chi connectivity index (χ1v) is 8.41. The number of fused-ring (bicyclic) bond motifs is 1. The van der Waals surface area contributed by atoms with E-state index in [1.54, 1.807) is 17.4 Å². The molecule has 0 saturated heterocycles. The number of aliphatic hydroxyl groups excluding tert-OH is 1. The van der Waals surface area contributed by atoms with E-state index in [-0.39, 0.29) is 6.61 Å². The zero-order chi connectivity index (χ0) is 15.9. The number of thiazole rings is 1. The molecule has 2 heterocycles. The van der Waals surface area contributed by atoms with Crippen molar-refractivity contribution in [2.24, 2.45) is 0 Å². The van der Waals surface area contributed by atoms with Crippen LogP contribution in [0.1, 0.15) is 36.6 Å². The Hall–Kier alpha value is -1.49. The molecule has 114 valence electrons. The lowest BCUT2D eigenvalue weighted by atomic mass is 10.1. The maximum absolute atomic E-state index is 9.31. The summed E-state index contributed by atoms with van der Waals surface area (Å²) < 4.78 is 0. The average molecular weight is 333 g/mol. The molecule has 0 unspecified atom stereocenters. The summed E-state index contributed by atoms with van der Waals surface area (Å²) in [5.74, 6) is 0.405. The van der Waals surface area contributed by atoms with Gasteiger partial charge in [-0.2, -0.15) is 0 Å². The van der Waals surface area contributed by atoms with Gasteiger partial charge in [0.05, 0.1) is 28.5 Å². The zero-order valence-electron chi connectivity index (χ0n) is 12.7. The molecule has 1 aromatic carbocycles. The van der Waals surface area contributed by atoms with Crippen molar-refractivity contribution < 1.29 is 5.11 Å². The summed E-state index contributed by atoms with van der Waals surface area (Å²) in [5.41, 5.74) is 4.57. The Bertz CT molecular complexity index is 842. The van der Waals surface area contributed by atoms with Crippen molar-refractivity contribution in [2.45, 2.75) is 33.3 Å². The molecule has 2 aromatic heterocycles.